The van der Waals surface area contributed by atoms with Gasteiger partial charge in [-0.2, -0.15) is 0 Å². The Bertz CT molecular complexity index is 775. The molecule has 1 aromatic rings. The molecule has 31 heavy (non-hydrogen) atoms. The highest BCUT2D eigenvalue weighted by molar-refractivity contribution is 6.02. The Labute approximate surface area is 182 Å². The van der Waals surface area contributed by atoms with E-state index in [1.807, 2.05) is 0 Å². The number of carboxylic acids is 1. The molecule has 172 valence electrons. The second-order valence-corrected chi connectivity index (χ2v) is 8.76. The highest BCUT2D eigenvalue weighted by atomic mass is 16.6. The van der Waals surface area contributed by atoms with Gasteiger partial charge in [0.2, 0.25) is 5.96 Å². The van der Waals surface area contributed by atoms with Crippen molar-refractivity contribution in [3.8, 4) is 0 Å². The highest BCUT2D eigenvalue weighted by Crippen LogP contribution is 2.15. The average Bonchev–Trinajstić information content (AvgIpc) is 2.57. The molecule has 0 saturated heterocycles. The van der Waals surface area contributed by atoms with Crippen molar-refractivity contribution in [2.45, 2.75) is 65.2 Å². The summed E-state index contributed by atoms with van der Waals surface area (Å²) in [4.78, 5) is 39.7. The highest BCUT2D eigenvalue weighted by Gasteiger charge is 2.21. The number of benzene rings is 1. The molecule has 0 bridgehead atoms. The van der Waals surface area contributed by atoms with Gasteiger partial charge in [-0.05, 0) is 72.7 Å². The zero-order chi connectivity index (χ0) is 23.8. The number of alkyl carbamates (subject to hydrolysis) is 2. The Hall–Kier alpha value is -3.14. The molecule has 0 spiro atoms. The Morgan fingerprint density at radius 3 is 1.74 bits per heavy atom. The SMILES string of the molecule is CN[C@@H](Cc1ccc(N=C(NC(=O)OC(C)(C)C)NC(=O)OC(C)(C)C)cc1)C(=O)O. The zero-order valence-corrected chi connectivity index (χ0v) is 19.0. The summed E-state index contributed by atoms with van der Waals surface area (Å²) in [6, 6.07) is 5.98. The number of aliphatic carboxylic acids is 1. The number of nitrogens with one attached hydrogen (secondary N) is 3. The minimum absolute atomic E-state index is 0.171. The first kappa shape index (κ1) is 25.9. The van der Waals surface area contributed by atoms with Crippen LogP contribution in [0, 0.1) is 0 Å². The van der Waals surface area contributed by atoms with E-state index in [0.29, 0.717) is 5.69 Å². The lowest BCUT2D eigenvalue weighted by atomic mass is 10.1. The third kappa shape index (κ3) is 11.0. The Kier molecular flexibility index (Phi) is 8.99. The fourth-order valence-corrected chi connectivity index (χ4v) is 2.27. The molecule has 0 aliphatic heterocycles. The number of hydrogen-bond donors (Lipinski definition) is 4. The van der Waals surface area contributed by atoms with Crippen LogP contribution < -0.4 is 16.0 Å². The maximum Gasteiger partial charge on any atom is 0.414 e. The number of aliphatic imine (C=N–C) groups is 1. The number of ether oxygens (including phenoxy) is 2. The van der Waals surface area contributed by atoms with Crippen molar-refractivity contribution >= 4 is 29.8 Å². The fraction of sp³-hybridized carbons (Fsp3) is 0.524. The van der Waals surface area contributed by atoms with Gasteiger partial charge in [-0.3, -0.25) is 15.4 Å². The van der Waals surface area contributed by atoms with Crippen molar-refractivity contribution in [2.75, 3.05) is 7.05 Å². The number of nitrogens with zero attached hydrogens (tertiary/aromatic N) is 1. The third-order valence-electron chi connectivity index (χ3n) is 3.50. The van der Waals surface area contributed by atoms with Gasteiger partial charge >= 0.3 is 18.2 Å². The Morgan fingerprint density at radius 2 is 1.39 bits per heavy atom. The summed E-state index contributed by atoms with van der Waals surface area (Å²) in [6.45, 7) is 10.2. The maximum atomic E-state index is 12.1. The van der Waals surface area contributed by atoms with Crippen LogP contribution >= 0.6 is 0 Å². The van der Waals surface area contributed by atoms with Crippen molar-refractivity contribution in [3.05, 3.63) is 29.8 Å². The number of guanidine groups is 1. The fourth-order valence-electron chi connectivity index (χ4n) is 2.27. The van der Waals surface area contributed by atoms with Crippen molar-refractivity contribution in [2.24, 2.45) is 4.99 Å². The van der Waals surface area contributed by atoms with Gasteiger partial charge in [-0.15, -0.1) is 0 Å². The van der Waals surface area contributed by atoms with Crippen molar-refractivity contribution in [1.82, 2.24) is 16.0 Å². The number of rotatable bonds is 5. The molecule has 0 aromatic heterocycles. The second-order valence-electron chi connectivity index (χ2n) is 8.76. The first-order chi connectivity index (χ1) is 14.2. The van der Waals surface area contributed by atoms with E-state index in [2.05, 4.69) is 20.9 Å². The molecule has 0 fully saturated rings. The topological polar surface area (TPSA) is 138 Å². The normalized spacial score (nSPS) is 12.4. The van der Waals surface area contributed by atoms with Crippen LogP contribution in [-0.2, 0) is 20.7 Å². The van der Waals surface area contributed by atoms with Crippen LogP contribution in [0.5, 0.6) is 0 Å². The van der Waals surface area contributed by atoms with Crippen LogP contribution in [0.1, 0.15) is 47.1 Å². The largest absolute Gasteiger partial charge is 0.480 e. The molecule has 10 heteroatoms. The average molecular weight is 437 g/mol. The predicted molar refractivity (Wildman–Crippen MR) is 116 cm³/mol. The number of amides is 2. The molecule has 0 heterocycles. The summed E-state index contributed by atoms with van der Waals surface area (Å²) in [5.74, 6) is -1.12. The van der Waals surface area contributed by atoms with E-state index in [-0.39, 0.29) is 12.4 Å². The van der Waals surface area contributed by atoms with Crippen LogP contribution in [-0.4, -0.2) is 53.5 Å². The molecule has 0 aliphatic carbocycles. The first-order valence-corrected chi connectivity index (χ1v) is 9.76. The van der Waals surface area contributed by atoms with Crippen LogP contribution in [0.3, 0.4) is 0 Å². The van der Waals surface area contributed by atoms with E-state index >= 15 is 0 Å². The Morgan fingerprint density at radius 1 is 0.935 bits per heavy atom. The molecule has 1 aromatic carbocycles. The number of hydrogen-bond acceptors (Lipinski definition) is 7. The van der Waals surface area contributed by atoms with Gasteiger partial charge in [0, 0.05) is 0 Å². The lowest BCUT2D eigenvalue weighted by Gasteiger charge is -2.22. The summed E-state index contributed by atoms with van der Waals surface area (Å²) in [7, 11) is 1.58. The van der Waals surface area contributed by atoms with Gasteiger partial charge in [-0.1, -0.05) is 12.1 Å². The van der Waals surface area contributed by atoms with E-state index in [1.165, 1.54) is 0 Å². The summed E-state index contributed by atoms with van der Waals surface area (Å²) in [6.07, 6.45) is -1.30. The molecule has 1 atom stereocenters. The maximum absolute atomic E-state index is 12.1. The quantitative estimate of drug-likeness (QED) is 0.411. The minimum Gasteiger partial charge on any atom is -0.480 e. The van der Waals surface area contributed by atoms with Gasteiger partial charge in [0.25, 0.3) is 0 Å². The first-order valence-electron chi connectivity index (χ1n) is 9.76. The number of likely N-dealkylation sites (N-methyl/N-ethyl adjacent to an activating group) is 1. The van der Waals surface area contributed by atoms with Crippen molar-refractivity contribution in [3.63, 3.8) is 0 Å². The van der Waals surface area contributed by atoms with Crippen molar-refractivity contribution in [1.29, 1.82) is 0 Å². The molecule has 0 radical (unpaired) electrons. The minimum atomic E-state index is -0.949. The molecule has 0 unspecified atom stereocenters. The monoisotopic (exact) mass is 436 g/mol. The third-order valence-corrected chi connectivity index (χ3v) is 3.50. The second kappa shape index (κ2) is 10.8. The lowest BCUT2D eigenvalue weighted by Crippen LogP contribution is -2.47. The van der Waals surface area contributed by atoms with Crippen LogP contribution in [0.15, 0.2) is 29.3 Å². The smallest absolute Gasteiger partial charge is 0.414 e. The molecular formula is C21H32N4O6. The van der Waals surface area contributed by atoms with E-state index < -0.39 is 35.4 Å². The van der Waals surface area contributed by atoms with Crippen LogP contribution in [0.4, 0.5) is 15.3 Å². The van der Waals surface area contributed by atoms with Gasteiger partial charge in [-0.25, -0.2) is 14.6 Å². The van der Waals surface area contributed by atoms with E-state index in [4.69, 9.17) is 14.6 Å². The molecule has 1 rings (SSSR count). The molecule has 0 aliphatic rings. The summed E-state index contributed by atoms with van der Waals surface area (Å²) >= 11 is 0. The molecule has 4 N–H and O–H groups in total. The van der Waals surface area contributed by atoms with Gasteiger partial charge in [0.05, 0.1) is 5.69 Å². The summed E-state index contributed by atoms with van der Waals surface area (Å²) in [5, 5.41) is 16.7. The molecular weight excluding hydrogens is 404 g/mol. The summed E-state index contributed by atoms with van der Waals surface area (Å²) < 4.78 is 10.4. The number of carboxylic acid groups (broad SMARTS) is 1. The van der Waals surface area contributed by atoms with Gasteiger partial charge in [0.15, 0.2) is 0 Å². The van der Waals surface area contributed by atoms with Crippen molar-refractivity contribution < 1.29 is 29.0 Å². The van der Waals surface area contributed by atoms with E-state index in [1.54, 1.807) is 72.9 Å². The lowest BCUT2D eigenvalue weighted by molar-refractivity contribution is -0.139. The predicted octanol–water partition coefficient (Wildman–Crippen LogP) is 2.94. The molecule has 10 nitrogen and oxygen atoms in total. The van der Waals surface area contributed by atoms with E-state index in [0.717, 1.165) is 5.56 Å². The van der Waals surface area contributed by atoms with E-state index in [9.17, 15) is 14.4 Å². The van der Waals surface area contributed by atoms with Crippen LogP contribution in [0.25, 0.3) is 0 Å². The number of carbonyl (C=O) groups is 3. The molecule has 2 amide bonds. The Balaban J connectivity index is 3.03. The number of carbonyl (C=O) groups excluding carboxylic acids is 2. The standard InChI is InChI=1S/C21H32N4O6/c1-20(2,3)30-18(28)24-17(25-19(29)31-21(4,5)6)23-14-10-8-13(9-11-14)12-15(22-7)16(26)27/h8-11,15,22H,12H2,1-7H3,(H,26,27)(H2,23,24,25,28,29)/t15-/m0/s1. The van der Waals surface area contributed by atoms with Gasteiger partial charge in [0.1, 0.15) is 17.2 Å². The van der Waals surface area contributed by atoms with Gasteiger partial charge < -0.3 is 19.9 Å². The zero-order valence-electron chi connectivity index (χ0n) is 19.0. The molecule has 0 saturated carbocycles. The van der Waals surface area contributed by atoms with Crippen LogP contribution in [0.2, 0.25) is 0 Å². The summed E-state index contributed by atoms with van der Waals surface area (Å²) in [5.41, 5.74) is -0.280.